The number of ether oxygens (including phenoxy) is 2. The standard InChI is InChI=1S/C30H34N2O4.C2H2O4/c1-32(30(34)36-20-22-11-6-3-7-12-22)28-24-15-17-26(31-23-13-8-14-23)29(33)25(24)16-18-27(28)35-19-21-9-4-2-5-10-21;3-1(4)2(5)6/h2-7,9-12,16,18,23,26,29,31,33H,8,13-15,17,19-20H2,1H3;(H,3,4)(H,5,6)/t26-,29-;/m0./s1. The van der Waals surface area contributed by atoms with E-state index in [1.807, 2.05) is 72.8 Å². The summed E-state index contributed by atoms with van der Waals surface area (Å²) in [6.45, 7) is 0.573. The highest BCUT2D eigenvalue weighted by Crippen LogP contribution is 2.42. The Morgan fingerprint density at radius 1 is 0.857 bits per heavy atom. The quantitative estimate of drug-likeness (QED) is 0.281. The van der Waals surface area contributed by atoms with Crippen LogP contribution >= 0.6 is 0 Å². The molecule has 222 valence electrons. The molecule has 5 rings (SSSR count). The van der Waals surface area contributed by atoms with Gasteiger partial charge in [-0.05, 0) is 54.0 Å². The summed E-state index contributed by atoms with van der Waals surface area (Å²) in [5, 5.41) is 29.7. The number of rotatable bonds is 8. The second-order valence-corrected chi connectivity index (χ2v) is 10.3. The lowest BCUT2D eigenvalue weighted by Gasteiger charge is -2.38. The van der Waals surface area contributed by atoms with E-state index in [1.165, 1.54) is 24.2 Å². The highest BCUT2D eigenvalue weighted by Gasteiger charge is 2.34. The number of carbonyl (C=O) groups excluding carboxylic acids is 1. The molecule has 2 aliphatic rings. The number of benzene rings is 3. The summed E-state index contributed by atoms with van der Waals surface area (Å²) in [5.74, 6) is -3.04. The lowest BCUT2D eigenvalue weighted by Crippen LogP contribution is -2.47. The third-order valence-electron chi connectivity index (χ3n) is 7.48. The maximum atomic E-state index is 13.1. The van der Waals surface area contributed by atoms with Gasteiger partial charge in [0, 0.05) is 19.1 Å². The van der Waals surface area contributed by atoms with Crippen molar-refractivity contribution >= 4 is 23.7 Å². The minimum atomic E-state index is -1.82. The molecule has 0 radical (unpaired) electrons. The number of nitrogens with one attached hydrogen (secondary N) is 1. The summed E-state index contributed by atoms with van der Waals surface area (Å²) in [6, 6.07) is 23.9. The smallest absolute Gasteiger partial charge is 0.414 e. The van der Waals surface area contributed by atoms with Gasteiger partial charge in [-0.1, -0.05) is 73.2 Å². The van der Waals surface area contributed by atoms with Crippen molar-refractivity contribution in [3.63, 3.8) is 0 Å². The molecule has 0 heterocycles. The molecular formula is C32H36N2O8. The van der Waals surface area contributed by atoms with Crippen molar-refractivity contribution in [2.45, 2.75) is 63.5 Å². The third kappa shape index (κ3) is 7.86. The lowest BCUT2D eigenvalue weighted by molar-refractivity contribution is -0.159. The molecule has 4 N–H and O–H groups in total. The summed E-state index contributed by atoms with van der Waals surface area (Å²) in [5.41, 5.74) is 4.43. The maximum Gasteiger partial charge on any atom is 0.414 e. The molecule has 0 aromatic heterocycles. The molecule has 0 aliphatic heterocycles. The molecule has 1 saturated carbocycles. The Hall–Kier alpha value is -4.41. The first-order chi connectivity index (χ1) is 20.2. The second-order valence-electron chi connectivity index (χ2n) is 10.3. The monoisotopic (exact) mass is 576 g/mol. The number of anilines is 1. The second kappa shape index (κ2) is 14.5. The molecule has 1 fully saturated rings. The summed E-state index contributed by atoms with van der Waals surface area (Å²) < 4.78 is 11.9. The Kier molecular flexibility index (Phi) is 10.5. The fourth-order valence-corrected chi connectivity index (χ4v) is 5.02. The van der Waals surface area contributed by atoms with Gasteiger partial charge in [0.05, 0.1) is 11.8 Å². The van der Waals surface area contributed by atoms with E-state index in [2.05, 4.69) is 5.32 Å². The van der Waals surface area contributed by atoms with E-state index in [0.717, 1.165) is 35.1 Å². The van der Waals surface area contributed by atoms with Gasteiger partial charge in [-0.15, -0.1) is 0 Å². The molecule has 2 aliphatic carbocycles. The van der Waals surface area contributed by atoms with Gasteiger partial charge in [-0.3, -0.25) is 4.90 Å². The van der Waals surface area contributed by atoms with Crippen molar-refractivity contribution in [2.75, 3.05) is 11.9 Å². The van der Waals surface area contributed by atoms with E-state index in [9.17, 15) is 9.90 Å². The normalized spacial score (nSPS) is 17.5. The van der Waals surface area contributed by atoms with E-state index >= 15 is 0 Å². The van der Waals surface area contributed by atoms with Crippen molar-refractivity contribution in [1.29, 1.82) is 0 Å². The average Bonchev–Trinajstić information content (AvgIpc) is 2.98. The van der Waals surface area contributed by atoms with Crippen LogP contribution in [0.4, 0.5) is 10.5 Å². The van der Waals surface area contributed by atoms with Gasteiger partial charge >= 0.3 is 18.0 Å². The minimum Gasteiger partial charge on any atom is -0.487 e. The number of fused-ring (bicyclic) bond motifs is 1. The first-order valence-electron chi connectivity index (χ1n) is 13.9. The molecule has 0 unspecified atom stereocenters. The van der Waals surface area contributed by atoms with Crippen LogP contribution in [0.3, 0.4) is 0 Å². The van der Waals surface area contributed by atoms with Crippen LogP contribution in [0, 0.1) is 0 Å². The van der Waals surface area contributed by atoms with E-state index in [-0.39, 0.29) is 12.6 Å². The van der Waals surface area contributed by atoms with E-state index in [4.69, 9.17) is 29.3 Å². The van der Waals surface area contributed by atoms with Crippen molar-refractivity contribution in [1.82, 2.24) is 5.32 Å². The predicted octanol–water partition coefficient (Wildman–Crippen LogP) is 4.68. The Balaban J connectivity index is 0.000000612. The number of carbonyl (C=O) groups is 3. The zero-order valence-corrected chi connectivity index (χ0v) is 23.4. The first kappa shape index (κ1) is 30.5. The summed E-state index contributed by atoms with van der Waals surface area (Å²) in [4.78, 5) is 32.9. The van der Waals surface area contributed by atoms with Crippen molar-refractivity contribution in [2.24, 2.45) is 0 Å². The Morgan fingerprint density at radius 3 is 2.00 bits per heavy atom. The third-order valence-corrected chi connectivity index (χ3v) is 7.48. The van der Waals surface area contributed by atoms with Crippen LogP contribution in [0.5, 0.6) is 5.75 Å². The fraction of sp³-hybridized carbons (Fsp3) is 0.344. The molecule has 3 aromatic carbocycles. The number of nitrogens with zero attached hydrogens (tertiary/aromatic N) is 1. The number of hydrogen-bond donors (Lipinski definition) is 4. The van der Waals surface area contributed by atoms with Crippen molar-refractivity contribution in [3.05, 3.63) is 95.1 Å². The summed E-state index contributed by atoms with van der Waals surface area (Å²) >= 11 is 0. The van der Waals surface area contributed by atoms with Crippen LogP contribution in [0.15, 0.2) is 72.8 Å². The van der Waals surface area contributed by atoms with Crippen LogP contribution in [-0.2, 0) is 34.0 Å². The Labute approximate surface area is 244 Å². The number of aliphatic carboxylic acids is 2. The topological polar surface area (TPSA) is 146 Å². The first-order valence-corrected chi connectivity index (χ1v) is 13.9. The lowest BCUT2D eigenvalue weighted by atomic mass is 9.82. The molecular weight excluding hydrogens is 540 g/mol. The number of aliphatic hydroxyl groups is 1. The van der Waals surface area contributed by atoms with E-state index in [0.29, 0.717) is 24.1 Å². The van der Waals surface area contributed by atoms with Crippen LogP contribution in [-0.4, -0.2) is 52.5 Å². The molecule has 2 atom stereocenters. The van der Waals surface area contributed by atoms with Crippen molar-refractivity contribution < 1.29 is 39.2 Å². The zero-order chi connectivity index (χ0) is 30.1. The molecule has 42 heavy (non-hydrogen) atoms. The Bertz CT molecular complexity index is 1350. The number of aliphatic hydroxyl groups excluding tert-OH is 1. The largest absolute Gasteiger partial charge is 0.487 e. The molecule has 10 heteroatoms. The highest BCUT2D eigenvalue weighted by molar-refractivity contribution is 6.27. The Morgan fingerprint density at radius 2 is 1.45 bits per heavy atom. The van der Waals surface area contributed by atoms with Gasteiger partial charge in [0.1, 0.15) is 19.0 Å². The van der Waals surface area contributed by atoms with Gasteiger partial charge < -0.3 is 30.1 Å². The van der Waals surface area contributed by atoms with Gasteiger partial charge in [0.2, 0.25) is 0 Å². The van der Waals surface area contributed by atoms with Crippen molar-refractivity contribution in [3.8, 4) is 5.75 Å². The molecule has 0 saturated heterocycles. The van der Waals surface area contributed by atoms with Gasteiger partial charge in [0.15, 0.2) is 0 Å². The highest BCUT2D eigenvalue weighted by atomic mass is 16.6. The fourth-order valence-electron chi connectivity index (χ4n) is 5.02. The van der Waals surface area contributed by atoms with Gasteiger partial charge in [-0.25, -0.2) is 14.4 Å². The predicted molar refractivity (Wildman–Crippen MR) is 155 cm³/mol. The minimum absolute atomic E-state index is 0.0158. The van der Waals surface area contributed by atoms with E-state index in [1.54, 1.807) is 7.05 Å². The molecule has 1 amide bonds. The molecule has 0 bridgehead atoms. The number of carboxylic acid groups (broad SMARTS) is 2. The van der Waals surface area contributed by atoms with Crippen LogP contribution in [0.2, 0.25) is 0 Å². The average molecular weight is 577 g/mol. The number of amides is 1. The van der Waals surface area contributed by atoms with Crippen LogP contribution < -0.4 is 15.0 Å². The van der Waals surface area contributed by atoms with Gasteiger partial charge in [-0.2, -0.15) is 0 Å². The van der Waals surface area contributed by atoms with Gasteiger partial charge in [0.25, 0.3) is 0 Å². The zero-order valence-electron chi connectivity index (χ0n) is 23.4. The SMILES string of the molecule is CN(C(=O)OCc1ccccc1)c1c(OCc2ccccc2)ccc2c1CC[C@H](NC1CCC1)[C@H]2O.O=C(O)C(=O)O. The molecule has 3 aromatic rings. The molecule has 0 spiro atoms. The maximum absolute atomic E-state index is 13.1. The van der Waals surface area contributed by atoms with Crippen LogP contribution in [0.25, 0.3) is 0 Å². The molecule has 10 nitrogen and oxygen atoms in total. The number of hydrogen-bond acceptors (Lipinski definition) is 7. The van der Waals surface area contributed by atoms with E-state index < -0.39 is 24.1 Å². The summed E-state index contributed by atoms with van der Waals surface area (Å²) in [6.07, 6.45) is 4.04. The summed E-state index contributed by atoms with van der Waals surface area (Å²) in [7, 11) is 1.71. The van der Waals surface area contributed by atoms with Crippen LogP contribution in [0.1, 0.15) is 54.0 Å². The number of carboxylic acids is 2.